The van der Waals surface area contributed by atoms with E-state index in [2.05, 4.69) is 10.5 Å². The van der Waals surface area contributed by atoms with E-state index in [9.17, 15) is 23.4 Å². The molecule has 1 aliphatic heterocycles. The van der Waals surface area contributed by atoms with Gasteiger partial charge in [-0.1, -0.05) is 78.0 Å². The molecule has 0 unspecified atom stereocenters. The first kappa shape index (κ1) is 26.5. The first-order valence-electron chi connectivity index (χ1n) is 11.8. The molecule has 4 rings (SSSR count). The van der Waals surface area contributed by atoms with Gasteiger partial charge in [-0.05, 0) is 28.8 Å². The molecule has 0 bridgehead atoms. The molecule has 10 heteroatoms. The Kier molecular flexibility index (Phi) is 8.34. The SMILES string of the molecule is CON=C1C[C@@H](C(=O)N[C@@H](CO)[C@@H](O)c2ccccc2)N(S(=O)(=O)c2ccc(-c3ccccc3)cc2)C1. The number of nitrogens with zero attached hydrogens (tertiary/aromatic N) is 2. The third-order valence-electron chi connectivity index (χ3n) is 6.25. The van der Waals surface area contributed by atoms with E-state index < -0.39 is 40.7 Å². The van der Waals surface area contributed by atoms with Crippen LogP contribution < -0.4 is 5.32 Å². The molecular weight excluding hydrogens is 494 g/mol. The monoisotopic (exact) mass is 523 g/mol. The minimum absolute atomic E-state index is 0.0145. The minimum Gasteiger partial charge on any atom is -0.399 e. The van der Waals surface area contributed by atoms with Gasteiger partial charge in [0, 0.05) is 6.42 Å². The van der Waals surface area contributed by atoms with E-state index in [0.717, 1.165) is 15.4 Å². The highest BCUT2D eigenvalue weighted by molar-refractivity contribution is 7.89. The first-order valence-corrected chi connectivity index (χ1v) is 13.2. The summed E-state index contributed by atoms with van der Waals surface area (Å²) in [7, 11) is -2.74. The lowest BCUT2D eigenvalue weighted by atomic mass is 10.0. The van der Waals surface area contributed by atoms with Gasteiger partial charge < -0.3 is 20.4 Å². The fourth-order valence-corrected chi connectivity index (χ4v) is 5.90. The van der Waals surface area contributed by atoms with Gasteiger partial charge in [0.1, 0.15) is 19.3 Å². The van der Waals surface area contributed by atoms with Crippen LogP contribution in [0.3, 0.4) is 0 Å². The number of oxime groups is 1. The van der Waals surface area contributed by atoms with Crippen LogP contribution in [0.5, 0.6) is 0 Å². The Morgan fingerprint density at radius 2 is 1.62 bits per heavy atom. The van der Waals surface area contributed by atoms with E-state index in [1.807, 2.05) is 30.3 Å². The van der Waals surface area contributed by atoms with Gasteiger partial charge in [-0.2, -0.15) is 4.31 Å². The maximum atomic E-state index is 13.6. The van der Waals surface area contributed by atoms with Crippen LogP contribution >= 0.6 is 0 Å². The summed E-state index contributed by atoms with van der Waals surface area (Å²) in [5.74, 6) is -0.653. The summed E-state index contributed by atoms with van der Waals surface area (Å²) in [4.78, 5) is 18.2. The second-order valence-corrected chi connectivity index (χ2v) is 10.5. The van der Waals surface area contributed by atoms with E-state index >= 15 is 0 Å². The predicted octanol–water partition coefficient (Wildman–Crippen LogP) is 2.33. The molecule has 1 fully saturated rings. The Morgan fingerprint density at radius 3 is 2.22 bits per heavy atom. The smallest absolute Gasteiger partial charge is 0.244 e. The van der Waals surface area contributed by atoms with Crippen molar-refractivity contribution in [1.29, 1.82) is 0 Å². The maximum Gasteiger partial charge on any atom is 0.244 e. The molecule has 1 aliphatic rings. The minimum atomic E-state index is -4.09. The molecule has 0 aromatic heterocycles. The van der Waals surface area contributed by atoms with Crippen LogP contribution in [0, 0.1) is 0 Å². The molecule has 9 nitrogen and oxygen atoms in total. The second-order valence-electron chi connectivity index (χ2n) is 8.65. The average Bonchev–Trinajstić information content (AvgIpc) is 3.37. The third kappa shape index (κ3) is 5.89. The van der Waals surface area contributed by atoms with Crippen LogP contribution in [-0.4, -0.2) is 66.9 Å². The molecule has 1 heterocycles. The Balaban J connectivity index is 1.58. The van der Waals surface area contributed by atoms with Gasteiger partial charge in [0.25, 0.3) is 0 Å². The molecule has 1 amide bonds. The predicted molar refractivity (Wildman–Crippen MR) is 139 cm³/mol. The fraction of sp³-hybridized carbons (Fsp3) is 0.259. The van der Waals surface area contributed by atoms with Crippen LogP contribution in [0.2, 0.25) is 0 Å². The summed E-state index contributed by atoms with van der Waals surface area (Å²) in [5.41, 5.74) is 2.71. The molecule has 0 aliphatic carbocycles. The van der Waals surface area contributed by atoms with Crippen LogP contribution in [0.25, 0.3) is 11.1 Å². The molecule has 0 radical (unpaired) electrons. The zero-order chi connectivity index (χ0) is 26.4. The summed E-state index contributed by atoms with van der Waals surface area (Å²) in [6.07, 6.45) is -1.17. The van der Waals surface area contributed by atoms with Crippen molar-refractivity contribution in [2.75, 3.05) is 20.3 Å². The van der Waals surface area contributed by atoms with E-state index in [0.29, 0.717) is 11.3 Å². The van der Waals surface area contributed by atoms with E-state index in [-0.39, 0.29) is 17.9 Å². The number of aliphatic hydroxyl groups is 2. The van der Waals surface area contributed by atoms with Crippen molar-refractivity contribution in [2.24, 2.45) is 5.16 Å². The maximum absolute atomic E-state index is 13.6. The summed E-state index contributed by atoms with van der Waals surface area (Å²) >= 11 is 0. The third-order valence-corrected chi connectivity index (χ3v) is 8.12. The summed E-state index contributed by atoms with van der Waals surface area (Å²) in [5, 5.41) is 27.0. The fourth-order valence-electron chi connectivity index (χ4n) is 4.32. The number of rotatable bonds is 9. The van der Waals surface area contributed by atoms with E-state index in [1.165, 1.54) is 19.2 Å². The lowest BCUT2D eigenvalue weighted by Gasteiger charge is -2.27. The van der Waals surface area contributed by atoms with Crippen molar-refractivity contribution < 1.29 is 28.3 Å². The Hall–Kier alpha value is -3.57. The molecule has 0 saturated carbocycles. The summed E-state index contributed by atoms with van der Waals surface area (Å²) in [6, 6.07) is 22.4. The molecular formula is C27H29N3O6S. The lowest BCUT2D eigenvalue weighted by Crippen LogP contribution is -2.51. The van der Waals surface area contributed by atoms with Crippen molar-refractivity contribution >= 4 is 21.6 Å². The number of hydrogen-bond donors (Lipinski definition) is 3. The highest BCUT2D eigenvalue weighted by atomic mass is 32.2. The summed E-state index contributed by atoms with van der Waals surface area (Å²) < 4.78 is 28.3. The van der Waals surface area contributed by atoms with Crippen LogP contribution in [0.15, 0.2) is 95.0 Å². The highest BCUT2D eigenvalue weighted by Crippen LogP contribution is 2.28. The number of amides is 1. The lowest BCUT2D eigenvalue weighted by molar-refractivity contribution is -0.126. The van der Waals surface area contributed by atoms with Crippen molar-refractivity contribution in [3.05, 3.63) is 90.5 Å². The van der Waals surface area contributed by atoms with Crippen molar-refractivity contribution in [3.8, 4) is 11.1 Å². The number of sulfonamides is 1. The molecule has 37 heavy (non-hydrogen) atoms. The largest absolute Gasteiger partial charge is 0.399 e. The Bertz CT molecular complexity index is 1330. The van der Waals surface area contributed by atoms with Gasteiger partial charge in [0.2, 0.25) is 15.9 Å². The van der Waals surface area contributed by atoms with Crippen LogP contribution in [0.1, 0.15) is 18.1 Å². The molecule has 3 aromatic rings. The molecule has 0 spiro atoms. The molecule has 1 saturated heterocycles. The number of aliphatic hydroxyl groups excluding tert-OH is 2. The van der Waals surface area contributed by atoms with Crippen molar-refractivity contribution in [2.45, 2.75) is 29.5 Å². The van der Waals surface area contributed by atoms with Gasteiger partial charge in [0.05, 0.1) is 29.8 Å². The zero-order valence-corrected chi connectivity index (χ0v) is 21.1. The summed E-state index contributed by atoms with van der Waals surface area (Å²) in [6.45, 7) is -0.666. The number of nitrogens with one attached hydrogen (secondary N) is 1. The Morgan fingerprint density at radius 1 is 1.03 bits per heavy atom. The van der Waals surface area contributed by atoms with E-state index in [1.54, 1.807) is 42.5 Å². The highest BCUT2D eigenvalue weighted by Gasteiger charge is 2.43. The van der Waals surface area contributed by atoms with Gasteiger partial charge in [-0.25, -0.2) is 8.42 Å². The molecule has 194 valence electrons. The quantitative estimate of drug-likeness (QED) is 0.369. The van der Waals surface area contributed by atoms with Gasteiger partial charge in [-0.3, -0.25) is 4.79 Å². The molecule has 3 aromatic carbocycles. The average molecular weight is 524 g/mol. The van der Waals surface area contributed by atoms with Crippen LogP contribution in [-0.2, 0) is 19.7 Å². The Labute approximate surface area is 216 Å². The standard InChI is InChI=1S/C27H29N3O6S/c1-36-29-22-16-25(27(33)28-24(18-31)26(32)21-10-6-3-7-11-21)30(17-22)37(34,35)23-14-12-20(13-15-23)19-8-4-2-5-9-19/h2-15,24-26,31-32H,16-18H2,1H3,(H,28,33)/t24-,25-,26-/m0/s1. The van der Waals surface area contributed by atoms with E-state index in [4.69, 9.17) is 4.84 Å². The van der Waals surface area contributed by atoms with Crippen molar-refractivity contribution in [3.63, 3.8) is 0 Å². The van der Waals surface area contributed by atoms with Gasteiger partial charge >= 0.3 is 0 Å². The number of hydrogen-bond acceptors (Lipinski definition) is 7. The first-order chi connectivity index (χ1) is 17.8. The van der Waals surface area contributed by atoms with Crippen LogP contribution in [0.4, 0.5) is 0 Å². The zero-order valence-electron chi connectivity index (χ0n) is 20.3. The molecule has 3 atom stereocenters. The number of benzene rings is 3. The molecule has 3 N–H and O–H groups in total. The number of carbonyl (C=O) groups is 1. The second kappa shape index (κ2) is 11.7. The van der Waals surface area contributed by atoms with Gasteiger partial charge in [-0.15, -0.1) is 0 Å². The number of carbonyl (C=O) groups excluding carboxylic acids is 1. The van der Waals surface area contributed by atoms with Gasteiger partial charge in [0.15, 0.2) is 0 Å². The topological polar surface area (TPSA) is 129 Å². The van der Waals surface area contributed by atoms with Crippen molar-refractivity contribution in [1.82, 2.24) is 9.62 Å². The normalized spacial score (nSPS) is 18.9.